The fourth-order valence-corrected chi connectivity index (χ4v) is 4.70. The minimum Gasteiger partial charge on any atom is -0.397 e. The molecule has 2 aromatic rings. The Bertz CT molecular complexity index is 886. The molecule has 27 heavy (non-hydrogen) atoms. The molecule has 0 bridgehead atoms. The molecule has 3 atom stereocenters. The quantitative estimate of drug-likeness (QED) is 0.717. The Hall–Kier alpha value is -2.25. The van der Waals surface area contributed by atoms with Gasteiger partial charge in [-0.3, -0.25) is 0 Å². The minimum absolute atomic E-state index is 0.236. The molecule has 0 radical (unpaired) electrons. The maximum Gasteiger partial charge on any atom is 0.160 e. The Kier molecular flexibility index (Phi) is 3.67. The summed E-state index contributed by atoms with van der Waals surface area (Å²) in [7, 11) is 0. The Labute approximate surface area is 156 Å². The first kappa shape index (κ1) is 16.9. The number of halogens is 1. The molecule has 1 aromatic heterocycles. The average molecular weight is 370 g/mol. The summed E-state index contributed by atoms with van der Waals surface area (Å²) in [6.07, 6.45) is 6.93. The van der Waals surface area contributed by atoms with Crippen molar-refractivity contribution in [2.24, 2.45) is 11.8 Å². The number of rotatable bonds is 3. The highest BCUT2D eigenvalue weighted by Gasteiger charge is 2.55. The molecule has 5 N–H and O–H groups in total. The van der Waals surface area contributed by atoms with Crippen LogP contribution in [0.25, 0.3) is 11.1 Å². The highest BCUT2D eigenvalue weighted by atomic mass is 19.1. The van der Waals surface area contributed by atoms with Gasteiger partial charge in [0.2, 0.25) is 0 Å². The predicted octanol–water partition coefficient (Wildman–Crippen LogP) is 2.92. The van der Waals surface area contributed by atoms with Gasteiger partial charge in [0.25, 0.3) is 0 Å². The summed E-state index contributed by atoms with van der Waals surface area (Å²) in [6.45, 7) is 0.589. The summed E-state index contributed by atoms with van der Waals surface area (Å²) in [5.41, 5.74) is 12.8. The summed E-state index contributed by atoms with van der Waals surface area (Å²) >= 11 is 0. The molecule has 2 unspecified atom stereocenters. The molecule has 7 heteroatoms. The predicted molar refractivity (Wildman–Crippen MR) is 98.9 cm³/mol. The summed E-state index contributed by atoms with van der Waals surface area (Å²) in [6, 6.07) is 1.51. The molecule has 0 amide bonds. The van der Waals surface area contributed by atoms with Crippen LogP contribution in [-0.2, 0) is 10.3 Å². The third-order valence-corrected chi connectivity index (χ3v) is 6.27. The van der Waals surface area contributed by atoms with Gasteiger partial charge in [0, 0.05) is 35.7 Å². The van der Waals surface area contributed by atoms with Gasteiger partial charge >= 0.3 is 0 Å². The number of aromatic nitrogens is 2. The molecule has 3 fully saturated rings. The van der Waals surface area contributed by atoms with Crippen molar-refractivity contribution < 1.29 is 14.2 Å². The van der Waals surface area contributed by atoms with Gasteiger partial charge in [-0.15, -0.1) is 0 Å². The van der Waals surface area contributed by atoms with Gasteiger partial charge < -0.3 is 21.3 Å². The smallest absolute Gasteiger partial charge is 0.160 e. The zero-order valence-corrected chi connectivity index (χ0v) is 15.0. The Morgan fingerprint density at radius 1 is 1.19 bits per heavy atom. The van der Waals surface area contributed by atoms with Crippen molar-refractivity contribution in [2.75, 3.05) is 18.1 Å². The molecule has 1 aliphatic heterocycles. The highest BCUT2D eigenvalue weighted by molar-refractivity contribution is 5.78. The Morgan fingerprint density at radius 2 is 1.89 bits per heavy atom. The molecule has 5 rings (SSSR count). The molecule has 2 heterocycles. The van der Waals surface area contributed by atoms with Gasteiger partial charge in [-0.25, -0.2) is 14.4 Å². The lowest BCUT2D eigenvalue weighted by Gasteiger charge is -2.22. The first-order valence-electron chi connectivity index (χ1n) is 9.50. The normalized spacial score (nSPS) is 31.9. The Morgan fingerprint density at radius 3 is 2.52 bits per heavy atom. The molecule has 2 saturated carbocycles. The van der Waals surface area contributed by atoms with Gasteiger partial charge in [0.05, 0.1) is 17.5 Å². The summed E-state index contributed by atoms with van der Waals surface area (Å²) < 4.78 is 20.9. The number of fused-ring (bicyclic) bond motifs is 1. The lowest BCUT2D eigenvalue weighted by molar-refractivity contribution is 0.0221. The van der Waals surface area contributed by atoms with Crippen molar-refractivity contribution >= 4 is 11.4 Å². The second-order valence-electron chi connectivity index (χ2n) is 8.15. The SMILES string of the molecule is Nc1cc(-c2cnc(C3(O)CC4CC4C3)nc2)c(F)c([C@H]2CCCO2)c1N. The van der Waals surface area contributed by atoms with Crippen LogP contribution in [0.3, 0.4) is 0 Å². The molecule has 3 aliphatic rings. The van der Waals surface area contributed by atoms with Crippen LogP contribution in [0.15, 0.2) is 18.5 Å². The van der Waals surface area contributed by atoms with E-state index in [0.29, 0.717) is 59.5 Å². The number of anilines is 2. The van der Waals surface area contributed by atoms with E-state index < -0.39 is 11.4 Å². The molecule has 6 nitrogen and oxygen atoms in total. The summed E-state index contributed by atoms with van der Waals surface area (Å²) in [5, 5.41) is 10.8. The largest absolute Gasteiger partial charge is 0.397 e. The maximum absolute atomic E-state index is 15.3. The van der Waals surface area contributed by atoms with Crippen LogP contribution in [0.1, 0.15) is 49.6 Å². The molecule has 1 saturated heterocycles. The third kappa shape index (κ3) is 2.68. The molecule has 0 spiro atoms. The number of benzene rings is 1. The second-order valence-corrected chi connectivity index (χ2v) is 8.15. The molecule has 2 aliphatic carbocycles. The van der Waals surface area contributed by atoms with Crippen LogP contribution >= 0.6 is 0 Å². The van der Waals surface area contributed by atoms with E-state index in [4.69, 9.17) is 16.2 Å². The van der Waals surface area contributed by atoms with Gasteiger partial charge in [-0.1, -0.05) is 0 Å². The highest BCUT2D eigenvalue weighted by Crippen LogP contribution is 2.58. The van der Waals surface area contributed by atoms with E-state index in [0.717, 1.165) is 12.8 Å². The molecule has 1 aromatic carbocycles. The van der Waals surface area contributed by atoms with Gasteiger partial charge in [0.1, 0.15) is 11.4 Å². The van der Waals surface area contributed by atoms with Crippen LogP contribution in [0, 0.1) is 17.7 Å². The Balaban J connectivity index is 1.51. The van der Waals surface area contributed by atoms with Crippen molar-refractivity contribution in [1.29, 1.82) is 0 Å². The number of ether oxygens (including phenoxy) is 1. The van der Waals surface area contributed by atoms with Crippen molar-refractivity contribution in [3.8, 4) is 11.1 Å². The standard InChI is InChI=1S/C20H23FN4O2/c21-17-13(5-14(22)18(23)16(17)15-2-1-3-27-15)12-8-24-19(25-9-12)20(26)6-10-4-11(10)7-20/h5,8-11,15,26H,1-4,6-7,22-23H2/t10?,11?,15-,20?/m1/s1. The fourth-order valence-electron chi connectivity index (χ4n) is 4.70. The van der Waals surface area contributed by atoms with Crippen LogP contribution in [0.2, 0.25) is 0 Å². The third-order valence-electron chi connectivity index (χ3n) is 6.27. The summed E-state index contributed by atoms with van der Waals surface area (Å²) in [4.78, 5) is 8.71. The van der Waals surface area contributed by atoms with E-state index in [1.807, 2.05) is 0 Å². The van der Waals surface area contributed by atoms with E-state index in [9.17, 15) is 5.11 Å². The van der Waals surface area contributed by atoms with Gasteiger partial charge in [-0.2, -0.15) is 0 Å². The fraction of sp³-hybridized carbons (Fsp3) is 0.500. The van der Waals surface area contributed by atoms with Gasteiger partial charge in [-0.05, 0) is 50.0 Å². The van der Waals surface area contributed by atoms with Crippen molar-refractivity contribution in [3.05, 3.63) is 35.7 Å². The number of hydrogen-bond acceptors (Lipinski definition) is 6. The van der Waals surface area contributed by atoms with Crippen molar-refractivity contribution in [1.82, 2.24) is 9.97 Å². The van der Waals surface area contributed by atoms with E-state index >= 15 is 4.39 Å². The van der Waals surface area contributed by atoms with Crippen molar-refractivity contribution in [2.45, 2.75) is 43.8 Å². The second kappa shape index (κ2) is 5.87. The molecular formula is C20H23FN4O2. The number of nitrogen functional groups attached to an aromatic ring is 2. The monoisotopic (exact) mass is 370 g/mol. The number of nitrogens with zero attached hydrogens (tertiary/aromatic N) is 2. The summed E-state index contributed by atoms with van der Waals surface area (Å²) in [5.74, 6) is 1.18. The minimum atomic E-state index is -0.951. The maximum atomic E-state index is 15.3. The topological polar surface area (TPSA) is 107 Å². The first-order valence-corrected chi connectivity index (χ1v) is 9.50. The average Bonchev–Trinajstić information content (AvgIpc) is 3.06. The number of aliphatic hydroxyl groups is 1. The zero-order valence-electron chi connectivity index (χ0n) is 15.0. The molecular weight excluding hydrogens is 347 g/mol. The zero-order chi connectivity index (χ0) is 18.8. The lowest BCUT2D eigenvalue weighted by atomic mass is 9.95. The van der Waals surface area contributed by atoms with Crippen molar-refractivity contribution in [3.63, 3.8) is 0 Å². The van der Waals surface area contributed by atoms with E-state index in [1.165, 1.54) is 12.5 Å². The van der Waals surface area contributed by atoms with Crippen LogP contribution in [-0.4, -0.2) is 21.7 Å². The van der Waals surface area contributed by atoms with Gasteiger partial charge in [0.15, 0.2) is 5.82 Å². The van der Waals surface area contributed by atoms with Crippen LogP contribution < -0.4 is 11.5 Å². The van der Waals surface area contributed by atoms with Crippen LogP contribution in [0.4, 0.5) is 15.8 Å². The van der Waals surface area contributed by atoms with E-state index in [1.54, 1.807) is 12.4 Å². The van der Waals surface area contributed by atoms with Crippen LogP contribution in [0.5, 0.6) is 0 Å². The van der Waals surface area contributed by atoms with E-state index in [-0.39, 0.29) is 11.8 Å². The number of nitrogens with two attached hydrogens (primary N) is 2. The first-order chi connectivity index (χ1) is 13.0. The number of hydrogen-bond donors (Lipinski definition) is 3. The van der Waals surface area contributed by atoms with E-state index in [2.05, 4.69) is 9.97 Å². The molecule has 142 valence electrons. The lowest BCUT2D eigenvalue weighted by Crippen LogP contribution is -2.26.